The summed E-state index contributed by atoms with van der Waals surface area (Å²) >= 11 is 0. The first kappa shape index (κ1) is 17.6. The molecule has 2 aromatic carbocycles. The van der Waals surface area contributed by atoms with Crippen molar-refractivity contribution in [2.45, 2.75) is 0 Å². The summed E-state index contributed by atoms with van der Waals surface area (Å²) in [5.74, 6) is 1.99. The van der Waals surface area contributed by atoms with E-state index in [1.807, 2.05) is 24.3 Å². The smallest absolute Gasteiger partial charge is 0.258 e. The maximum absolute atomic E-state index is 12.4. The first-order chi connectivity index (χ1) is 13.7. The van der Waals surface area contributed by atoms with Gasteiger partial charge in [0.2, 0.25) is 5.95 Å². The molecule has 8 heteroatoms. The fourth-order valence-corrected chi connectivity index (χ4v) is 2.70. The second-order valence-electron chi connectivity index (χ2n) is 5.93. The standard InChI is InChI=1S/C20H18N4O4/c1-26-16-5-3-2-4-15(16)24-20-21-11-13(12-22-20)19(25)23-14-6-7-17-18(10-14)28-9-8-27-17/h2-7,10-12H,8-9H2,1H3,(H,23,25)(H,21,22,24). The van der Waals surface area contributed by atoms with E-state index < -0.39 is 0 Å². The molecule has 1 amide bonds. The van der Waals surface area contributed by atoms with Gasteiger partial charge >= 0.3 is 0 Å². The molecule has 0 unspecified atom stereocenters. The number of ether oxygens (including phenoxy) is 3. The molecular weight excluding hydrogens is 360 g/mol. The van der Waals surface area contributed by atoms with Crippen LogP contribution in [0.5, 0.6) is 17.2 Å². The van der Waals surface area contributed by atoms with Gasteiger partial charge in [-0.25, -0.2) is 9.97 Å². The molecule has 0 saturated carbocycles. The molecule has 0 atom stereocenters. The summed E-state index contributed by atoms with van der Waals surface area (Å²) in [4.78, 5) is 20.8. The lowest BCUT2D eigenvalue weighted by Crippen LogP contribution is -2.16. The Morgan fingerprint density at radius 1 is 1.04 bits per heavy atom. The molecule has 0 fully saturated rings. The number of fused-ring (bicyclic) bond motifs is 1. The number of amides is 1. The van der Waals surface area contributed by atoms with Crippen LogP contribution >= 0.6 is 0 Å². The number of hydrogen-bond acceptors (Lipinski definition) is 7. The topological polar surface area (TPSA) is 94.6 Å². The van der Waals surface area contributed by atoms with Crippen molar-refractivity contribution < 1.29 is 19.0 Å². The Labute approximate surface area is 161 Å². The number of nitrogens with zero attached hydrogens (tertiary/aromatic N) is 2. The van der Waals surface area contributed by atoms with Crippen LogP contribution in [0.1, 0.15) is 10.4 Å². The molecule has 28 heavy (non-hydrogen) atoms. The van der Waals surface area contributed by atoms with Crippen LogP contribution in [0, 0.1) is 0 Å². The Bertz CT molecular complexity index is 992. The second-order valence-corrected chi connectivity index (χ2v) is 5.93. The monoisotopic (exact) mass is 378 g/mol. The average Bonchev–Trinajstić information content (AvgIpc) is 2.74. The van der Waals surface area contributed by atoms with E-state index in [1.165, 1.54) is 12.4 Å². The first-order valence-corrected chi connectivity index (χ1v) is 8.66. The highest BCUT2D eigenvalue weighted by atomic mass is 16.6. The zero-order valence-electron chi connectivity index (χ0n) is 15.1. The van der Waals surface area contributed by atoms with E-state index in [4.69, 9.17) is 14.2 Å². The van der Waals surface area contributed by atoms with Crippen LogP contribution in [0.4, 0.5) is 17.3 Å². The largest absolute Gasteiger partial charge is 0.495 e. The third-order valence-corrected chi connectivity index (χ3v) is 4.07. The van der Waals surface area contributed by atoms with Crippen molar-refractivity contribution >= 4 is 23.2 Å². The van der Waals surface area contributed by atoms with Gasteiger partial charge < -0.3 is 24.8 Å². The van der Waals surface area contributed by atoms with E-state index in [1.54, 1.807) is 25.3 Å². The molecule has 0 bridgehead atoms. The molecule has 1 aliphatic rings. The van der Waals surface area contributed by atoms with Gasteiger partial charge in [-0.1, -0.05) is 12.1 Å². The normalized spacial score (nSPS) is 12.2. The van der Waals surface area contributed by atoms with Crippen molar-refractivity contribution in [3.63, 3.8) is 0 Å². The molecule has 0 saturated heterocycles. The fraction of sp³-hybridized carbons (Fsp3) is 0.150. The highest BCUT2D eigenvalue weighted by Gasteiger charge is 2.14. The van der Waals surface area contributed by atoms with Gasteiger partial charge in [-0.05, 0) is 24.3 Å². The molecular formula is C20H18N4O4. The zero-order chi connectivity index (χ0) is 19.3. The van der Waals surface area contributed by atoms with Gasteiger partial charge in [-0.3, -0.25) is 4.79 Å². The number of anilines is 3. The third-order valence-electron chi connectivity index (χ3n) is 4.07. The van der Waals surface area contributed by atoms with E-state index >= 15 is 0 Å². The summed E-state index contributed by atoms with van der Waals surface area (Å²) in [7, 11) is 1.59. The molecule has 142 valence electrons. The van der Waals surface area contributed by atoms with Crippen molar-refractivity contribution in [3.8, 4) is 17.2 Å². The number of para-hydroxylation sites is 2. The zero-order valence-corrected chi connectivity index (χ0v) is 15.1. The van der Waals surface area contributed by atoms with Gasteiger partial charge in [0, 0.05) is 24.1 Å². The van der Waals surface area contributed by atoms with Crippen LogP contribution in [-0.4, -0.2) is 36.2 Å². The van der Waals surface area contributed by atoms with Gasteiger partial charge in [-0.2, -0.15) is 0 Å². The number of carbonyl (C=O) groups excluding carboxylic acids is 1. The lowest BCUT2D eigenvalue weighted by atomic mass is 10.2. The molecule has 1 aromatic heterocycles. The van der Waals surface area contributed by atoms with E-state index in [0.29, 0.717) is 47.7 Å². The lowest BCUT2D eigenvalue weighted by molar-refractivity contribution is 0.102. The number of hydrogen-bond donors (Lipinski definition) is 2. The number of aromatic nitrogens is 2. The van der Waals surface area contributed by atoms with E-state index in [-0.39, 0.29) is 5.91 Å². The van der Waals surface area contributed by atoms with Crippen molar-refractivity contribution in [3.05, 3.63) is 60.4 Å². The minimum atomic E-state index is -0.319. The Morgan fingerprint density at radius 3 is 2.57 bits per heavy atom. The average molecular weight is 378 g/mol. The molecule has 0 aliphatic carbocycles. The summed E-state index contributed by atoms with van der Waals surface area (Å²) in [5.41, 5.74) is 1.67. The number of benzene rings is 2. The van der Waals surface area contributed by atoms with Crippen molar-refractivity contribution in [1.82, 2.24) is 9.97 Å². The number of rotatable bonds is 5. The van der Waals surface area contributed by atoms with Crippen LogP contribution in [-0.2, 0) is 0 Å². The molecule has 8 nitrogen and oxygen atoms in total. The van der Waals surface area contributed by atoms with E-state index in [2.05, 4.69) is 20.6 Å². The number of methoxy groups -OCH3 is 1. The van der Waals surface area contributed by atoms with Gasteiger partial charge in [0.15, 0.2) is 11.5 Å². The number of nitrogens with one attached hydrogen (secondary N) is 2. The minimum absolute atomic E-state index is 0.319. The molecule has 0 radical (unpaired) electrons. The molecule has 1 aliphatic heterocycles. The highest BCUT2D eigenvalue weighted by Crippen LogP contribution is 2.32. The summed E-state index contributed by atoms with van der Waals surface area (Å²) in [5, 5.41) is 5.86. The maximum Gasteiger partial charge on any atom is 0.258 e. The minimum Gasteiger partial charge on any atom is -0.495 e. The Hall–Kier alpha value is -3.81. The van der Waals surface area contributed by atoms with Gasteiger partial charge in [0.1, 0.15) is 19.0 Å². The van der Waals surface area contributed by atoms with Gasteiger partial charge in [-0.15, -0.1) is 0 Å². The van der Waals surface area contributed by atoms with Crippen LogP contribution in [0.2, 0.25) is 0 Å². The fourth-order valence-electron chi connectivity index (χ4n) is 2.70. The lowest BCUT2D eigenvalue weighted by Gasteiger charge is -2.19. The van der Waals surface area contributed by atoms with E-state index in [9.17, 15) is 4.79 Å². The summed E-state index contributed by atoms with van der Waals surface area (Å²) in [6.45, 7) is 1.00. The number of carbonyl (C=O) groups is 1. The predicted octanol–water partition coefficient (Wildman–Crippen LogP) is 3.25. The first-order valence-electron chi connectivity index (χ1n) is 8.66. The summed E-state index contributed by atoms with van der Waals surface area (Å²) in [6.07, 6.45) is 2.91. The molecule has 2 N–H and O–H groups in total. The van der Waals surface area contributed by atoms with Crippen molar-refractivity contribution in [2.24, 2.45) is 0 Å². The second kappa shape index (κ2) is 7.83. The molecule has 3 aromatic rings. The van der Waals surface area contributed by atoms with Crippen LogP contribution in [0.25, 0.3) is 0 Å². The Kier molecular flexibility index (Phi) is 4.92. The van der Waals surface area contributed by atoms with Crippen LogP contribution in [0.15, 0.2) is 54.9 Å². The summed E-state index contributed by atoms with van der Waals surface area (Å²) < 4.78 is 16.3. The van der Waals surface area contributed by atoms with Gasteiger partial charge in [0.25, 0.3) is 5.91 Å². The highest BCUT2D eigenvalue weighted by molar-refractivity contribution is 6.04. The quantitative estimate of drug-likeness (QED) is 0.704. The SMILES string of the molecule is COc1ccccc1Nc1ncc(C(=O)Nc2ccc3c(c2)OCCO3)cn1. The predicted molar refractivity (Wildman–Crippen MR) is 104 cm³/mol. The van der Waals surface area contributed by atoms with Crippen LogP contribution in [0.3, 0.4) is 0 Å². The Balaban J connectivity index is 1.44. The van der Waals surface area contributed by atoms with Gasteiger partial charge in [0.05, 0.1) is 18.4 Å². The van der Waals surface area contributed by atoms with Crippen molar-refractivity contribution in [1.29, 1.82) is 0 Å². The van der Waals surface area contributed by atoms with Crippen molar-refractivity contribution in [2.75, 3.05) is 31.0 Å². The summed E-state index contributed by atoms with van der Waals surface area (Å²) in [6, 6.07) is 12.7. The Morgan fingerprint density at radius 2 is 1.79 bits per heavy atom. The third kappa shape index (κ3) is 3.80. The molecule has 4 rings (SSSR count). The molecule has 0 spiro atoms. The maximum atomic E-state index is 12.4. The molecule has 2 heterocycles. The van der Waals surface area contributed by atoms with E-state index in [0.717, 1.165) is 5.69 Å². The van der Waals surface area contributed by atoms with Crippen LogP contribution < -0.4 is 24.8 Å².